The normalized spacial score (nSPS) is 19.2. The summed E-state index contributed by atoms with van der Waals surface area (Å²) in [6.07, 6.45) is -0.324. The molecule has 0 unspecified atom stereocenters. The van der Waals surface area contributed by atoms with Gasteiger partial charge in [0, 0.05) is 12.3 Å². The molecule has 0 amide bonds. The van der Waals surface area contributed by atoms with Gasteiger partial charge < -0.3 is 4.98 Å². The molecule has 0 aliphatic carbocycles. The summed E-state index contributed by atoms with van der Waals surface area (Å²) in [5.74, 6) is 0. The van der Waals surface area contributed by atoms with Crippen LogP contribution in [0.3, 0.4) is 0 Å². The molecular weight excluding hydrogens is 62.1 g/mol. The SMILES string of the molecule is [3H]c1[nH]c([3H])c([3H])c1[3H]. The molecule has 1 nitrogen and oxygen atoms in total. The Morgan fingerprint density at radius 2 is 2.00 bits per heavy atom. The first-order valence-electron chi connectivity index (χ1n) is 3.25. The van der Waals surface area contributed by atoms with Crippen LogP contribution < -0.4 is 0 Å². The number of hydrogen-bond acceptors (Lipinski definition) is 0. The summed E-state index contributed by atoms with van der Waals surface area (Å²) >= 11 is 0. The van der Waals surface area contributed by atoms with E-state index in [2.05, 4.69) is 4.98 Å². The Hall–Kier alpha value is -0.720. The highest BCUT2D eigenvalue weighted by molar-refractivity contribution is 4.84. The molecule has 0 aliphatic rings. The number of rotatable bonds is 0. The van der Waals surface area contributed by atoms with E-state index >= 15 is 0 Å². The summed E-state index contributed by atoms with van der Waals surface area (Å²) in [5.41, 5.74) is 0. The van der Waals surface area contributed by atoms with Crippen molar-refractivity contribution in [2.24, 2.45) is 0 Å². The van der Waals surface area contributed by atoms with Crippen LogP contribution in [-0.4, -0.2) is 4.98 Å². The van der Waals surface area contributed by atoms with Gasteiger partial charge in [-0.05, 0) is 12.1 Å². The molecule has 0 aliphatic heterocycles. The van der Waals surface area contributed by atoms with Crippen molar-refractivity contribution < 1.29 is 5.48 Å². The first kappa shape index (κ1) is 0.672. The maximum atomic E-state index is 6.94. The first-order valence-corrected chi connectivity index (χ1v) is 1.25. The van der Waals surface area contributed by atoms with Gasteiger partial charge in [0.25, 0.3) is 0 Å². The molecule has 26 valence electrons. The molecule has 0 saturated carbocycles. The molecule has 1 heterocycles. The van der Waals surface area contributed by atoms with Crippen molar-refractivity contribution in [1.82, 2.24) is 4.98 Å². The van der Waals surface area contributed by atoms with Crippen molar-refractivity contribution in [1.29, 1.82) is 0 Å². The van der Waals surface area contributed by atoms with Gasteiger partial charge in [0.05, 0.1) is 5.48 Å². The molecule has 0 saturated heterocycles. The fourth-order valence-electron chi connectivity index (χ4n) is 0.156. The lowest BCUT2D eigenvalue weighted by molar-refractivity contribution is 1.42. The van der Waals surface area contributed by atoms with Gasteiger partial charge in [0.1, 0.15) is 0 Å². The molecule has 1 rings (SSSR count). The third-order valence-corrected chi connectivity index (χ3v) is 0.312. The monoisotopic (exact) mass is 75.1 g/mol. The second kappa shape index (κ2) is 0.931. The second-order valence-electron chi connectivity index (χ2n) is 0.625. The number of nitrogens with one attached hydrogen (secondary N) is 1. The van der Waals surface area contributed by atoms with Crippen LogP contribution >= 0.6 is 0 Å². The molecule has 1 heteroatoms. The summed E-state index contributed by atoms with van der Waals surface area (Å²) in [5, 5.41) is 0. The third kappa shape index (κ3) is 0.293. The van der Waals surface area contributed by atoms with Crippen molar-refractivity contribution in [2.45, 2.75) is 0 Å². The lowest BCUT2D eigenvalue weighted by atomic mass is 10.7. The Balaban J connectivity index is 3.29. The molecule has 0 fully saturated rings. The summed E-state index contributed by atoms with van der Waals surface area (Å²) in [6.45, 7) is 0. The van der Waals surface area contributed by atoms with E-state index in [4.69, 9.17) is 5.48 Å². The van der Waals surface area contributed by atoms with Gasteiger partial charge in [0.2, 0.25) is 0 Å². The van der Waals surface area contributed by atoms with E-state index in [1.54, 1.807) is 0 Å². The van der Waals surface area contributed by atoms with Gasteiger partial charge >= 0.3 is 0 Å². The molecule has 5 heavy (non-hydrogen) atoms. The fourth-order valence-corrected chi connectivity index (χ4v) is 0.156. The van der Waals surface area contributed by atoms with E-state index < -0.39 is 0 Å². The van der Waals surface area contributed by atoms with E-state index in [1.807, 2.05) is 0 Å². The molecule has 0 radical (unpaired) electrons. The van der Waals surface area contributed by atoms with Gasteiger partial charge in [-0.25, -0.2) is 0 Å². The minimum atomic E-state index is -0.208. The lowest BCUT2D eigenvalue weighted by Gasteiger charge is -1.49. The number of aromatic amines is 1. The molecule has 0 atom stereocenters. The molecule has 0 spiro atoms. The maximum Gasteiger partial charge on any atom is 0.0815 e. The number of aromatic nitrogens is 1. The molecule has 0 bridgehead atoms. The summed E-state index contributed by atoms with van der Waals surface area (Å²) in [7, 11) is 0. The van der Waals surface area contributed by atoms with Crippen LogP contribution in [0.5, 0.6) is 0 Å². The van der Waals surface area contributed by atoms with E-state index in [9.17, 15) is 0 Å². The third-order valence-electron chi connectivity index (χ3n) is 0.312. The van der Waals surface area contributed by atoms with Gasteiger partial charge in [-0.2, -0.15) is 0 Å². The maximum absolute atomic E-state index is 6.94. The average Bonchev–Trinajstić information content (AvgIpc) is 1.98. The predicted molar refractivity (Wildman–Crippen MR) is 20.8 cm³/mol. The van der Waals surface area contributed by atoms with Crippen LogP contribution in [0.25, 0.3) is 0 Å². The van der Waals surface area contributed by atoms with Gasteiger partial charge in [-0.1, -0.05) is 0 Å². The van der Waals surface area contributed by atoms with Crippen molar-refractivity contribution in [2.75, 3.05) is 0 Å². The van der Waals surface area contributed by atoms with Crippen molar-refractivity contribution in [3.63, 3.8) is 0 Å². The zero-order valence-electron chi connectivity index (χ0n) is 6.50. The van der Waals surface area contributed by atoms with Crippen LogP contribution in [0.2, 0.25) is 0 Å². The van der Waals surface area contributed by atoms with Crippen molar-refractivity contribution >= 4 is 0 Å². The molecule has 1 aromatic heterocycles. The van der Waals surface area contributed by atoms with E-state index in [0.29, 0.717) is 0 Å². The van der Waals surface area contributed by atoms with Crippen LogP contribution in [0.4, 0.5) is 0 Å². The van der Waals surface area contributed by atoms with Crippen LogP contribution in [0.15, 0.2) is 24.4 Å². The van der Waals surface area contributed by atoms with Crippen LogP contribution in [0, 0.1) is 0 Å². The standard InChI is InChI=1S/C4H5N/c1-2-4-5-3-1/h1-5H/i1T,2T,3T,4T. The highest BCUT2D eigenvalue weighted by atomic mass is 14.6. The second-order valence-corrected chi connectivity index (χ2v) is 0.625. The Kier molecular flexibility index (Phi) is 0.125. The summed E-state index contributed by atoms with van der Waals surface area (Å²) in [6, 6.07) is -0.417. The molecule has 1 N–H and O–H groups in total. The predicted octanol–water partition coefficient (Wildman–Crippen LogP) is 1.01. The first-order chi connectivity index (χ1) is 4.13. The van der Waals surface area contributed by atoms with Gasteiger partial charge in [-0.3, -0.25) is 0 Å². The highest BCUT2D eigenvalue weighted by Gasteiger charge is 1.55. The van der Waals surface area contributed by atoms with E-state index in [1.165, 1.54) is 0 Å². The quantitative estimate of drug-likeness (QED) is 0.473. The van der Waals surface area contributed by atoms with E-state index in [-0.39, 0.29) is 24.4 Å². The zero-order chi connectivity index (χ0) is 7.02. The average molecular weight is 75.1 g/mol. The smallest absolute Gasteiger partial charge is 0.0815 e. The minimum absolute atomic E-state index is 0.162. The summed E-state index contributed by atoms with van der Waals surface area (Å²) in [4.78, 5) is 2.23. The van der Waals surface area contributed by atoms with Crippen LogP contribution in [0.1, 0.15) is 5.48 Å². The van der Waals surface area contributed by atoms with Gasteiger partial charge in [-0.15, -0.1) is 0 Å². The lowest BCUT2D eigenvalue weighted by Crippen LogP contribution is -1.38. The minimum Gasteiger partial charge on any atom is -0.368 e. The Bertz CT molecular complexity index is 206. The Morgan fingerprint density at radius 1 is 1.40 bits per heavy atom. The Morgan fingerprint density at radius 3 is 2.20 bits per heavy atom. The Labute approximate surface area is 36.3 Å². The summed E-state index contributed by atoms with van der Waals surface area (Å²) < 4.78 is 27.7. The van der Waals surface area contributed by atoms with E-state index in [0.717, 1.165) is 0 Å². The van der Waals surface area contributed by atoms with Gasteiger partial charge in [0.15, 0.2) is 0 Å². The molecule has 0 aromatic carbocycles. The fraction of sp³-hybridized carbons (Fsp3) is 0. The van der Waals surface area contributed by atoms with Crippen LogP contribution in [-0.2, 0) is 0 Å². The largest absolute Gasteiger partial charge is 0.368 e. The highest BCUT2D eigenvalue weighted by Crippen LogP contribution is 1.72. The number of H-pyrrole nitrogens is 1. The molecule has 1 aromatic rings. The zero-order valence-corrected chi connectivity index (χ0v) is 2.50. The topological polar surface area (TPSA) is 15.8 Å². The van der Waals surface area contributed by atoms with Crippen molar-refractivity contribution in [3.05, 3.63) is 24.4 Å². The number of hydrogen-bond donors (Lipinski definition) is 1. The van der Waals surface area contributed by atoms with Crippen molar-refractivity contribution in [3.8, 4) is 0 Å². The molecular formula is C4H5N.